The summed E-state index contributed by atoms with van der Waals surface area (Å²) in [6, 6.07) is 0. The van der Waals surface area contributed by atoms with Crippen LogP contribution in [0.25, 0.3) is 0 Å². The molecule has 1 fully saturated rings. The van der Waals surface area contributed by atoms with Crippen LogP contribution >= 0.6 is 0 Å². The summed E-state index contributed by atoms with van der Waals surface area (Å²) in [6.45, 7) is 6.29. The third-order valence-corrected chi connectivity index (χ3v) is 2.39. The van der Waals surface area contributed by atoms with Crippen LogP contribution in [0.2, 0.25) is 0 Å². The van der Waals surface area contributed by atoms with Crippen molar-refractivity contribution < 1.29 is 18.9 Å². The van der Waals surface area contributed by atoms with Gasteiger partial charge in [-0.25, -0.2) is 0 Å². The summed E-state index contributed by atoms with van der Waals surface area (Å²) >= 11 is 0. The fraction of sp³-hybridized carbons (Fsp3) is 1.00. The van der Waals surface area contributed by atoms with Gasteiger partial charge in [0.1, 0.15) is 0 Å². The zero-order valence-electron chi connectivity index (χ0n) is 10.3. The molecule has 0 aliphatic carbocycles. The second kappa shape index (κ2) is 10.0. The Hall–Kier alpha value is -0.160. The monoisotopic (exact) mass is 232 g/mol. The van der Waals surface area contributed by atoms with Crippen LogP contribution in [-0.4, -0.2) is 45.9 Å². The summed E-state index contributed by atoms with van der Waals surface area (Å²) in [5, 5.41) is 0. The molecule has 0 aromatic rings. The van der Waals surface area contributed by atoms with E-state index in [1.54, 1.807) is 0 Å². The molecule has 0 N–H and O–H groups in total. The van der Waals surface area contributed by atoms with Crippen LogP contribution in [0.4, 0.5) is 0 Å². The largest absolute Gasteiger partial charge is 0.379 e. The molecule has 0 bridgehead atoms. The molecule has 0 spiro atoms. The molecule has 0 aromatic heterocycles. The Morgan fingerprint density at radius 2 is 1.75 bits per heavy atom. The molecule has 1 unspecified atom stereocenters. The molecule has 1 rings (SSSR count). The first-order valence-corrected chi connectivity index (χ1v) is 6.32. The smallest absolute Gasteiger partial charge is 0.157 e. The van der Waals surface area contributed by atoms with Gasteiger partial charge in [-0.1, -0.05) is 6.92 Å². The number of hydrogen-bond acceptors (Lipinski definition) is 4. The molecule has 1 aliphatic rings. The van der Waals surface area contributed by atoms with E-state index in [0.29, 0.717) is 26.4 Å². The van der Waals surface area contributed by atoms with Gasteiger partial charge in [-0.3, -0.25) is 0 Å². The highest BCUT2D eigenvalue weighted by Crippen LogP contribution is 2.13. The predicted octanol–water partition coefficient (Wildman–Crippen LogP) is 1.97. The van der Waals surface area contributed by atoms with Crippen LogP contribution in [0.5, 0.6) is 0 Å². The quantitative estimate of drug-likeness (QED) is 0.570. The zero-order chi connectivity index (χ0) is 11.5. The van der Waals surface area contributed by atoms with Crippen molar-refractivity contribution >= 4 is 0 Å². The Kier molecular flexibility index (Phi) is 8.71. The fourth-order valence-electron chi connectivity index (χ4n) is 1.55. The molecule has 16 heavy (non-hydrogen) atoms. The predicted molar refractivity (Wildman–Crippen MR) is 61.5 cm³/mol. The van der Waals surface area contributed by atoms with Crippen molar-refractivity contribution in [1.29, 1.82) is 0 Å². The van der Waals surface area contributed by atoms with Crippen molar-refractivity contribution in [1.82, 2.24) is 0 Å². The molecule has 1 aliphatic heterocycles. The van der Waals surface area contributed by atoms with Gasteiger partial charge in [-0.2, -0.15) is 0 Å². The van der Waals surface area contributed by atoms with Gasteiger partial charge in [0.05, 0.1) is 26.4 Å². The van der Waals surface area contributed by atoms with Crippen molar-refractivity contribution in [2.45, 2.75) is 38.9 Å². The van der Waals surface area contributed by atoms with Crippen molar-refractivity contribution in [3.63, 3.8) is 0 Å². The van der Waals surface area contributed by atoms with Crippen molar-refractivity contribution in [2.24, 2.45) is 0 Å². The minimum atomic E-state index is -0.00584. The maximum atomic E-state index is 5.52. The molecule has 0 radical (unpaired) electrons. The van der Waals surface area contributed by atoms with Crippen molar-refractivity contribution in [3.05, 3.63) is 0 Å². The van der Waals surface area contributed by atoms with Crippen LogP contribution in [0, 0.1) is 0 Å². The van der Waals surface area contributed by atoms with Gasteiger partial charge >= 0.3 is 0 Å². The van der Waals surface area contributed by atoms with E-state index < -0.39 is 0 Å². The van der Waals surface area contributed by atoms with E-state index in [1.807, 2.05) is 0 Å². The maximum absolute atomic E-state index is 5.52. The number of rotatable bonds is 9. The topological polar surface area (TPSA) is 36.9 Å². The fourth-order valence-corrected chi connectivity index (χ4v) is 1.55. The molecule has 0 aromatic carbocycles. The van der Waals surface area contributed by atoms with Gasteiger partial charge in [0.25, 0.3) is 0 Å². The average molecular weight is 232 g/mol. The van der Waals surface area contributed by atoms with Crippen molar-refractivity contribution in [3.8, 4) is 0 Å². The average Bonchev–Trinajstić information content (AvgIpc) is 2.34. The molecule has 1 atom stereocenters. The summed E-state index contributed by atoms with van der Waals surface area (Å²) in [5.74, 6) is 0. The zero-order valence-corrected chi connectivity index (χ0v) is 10.3. The lowest BCUT2D eigenvalue weighted by molar-refractivity contribution is -0.169. The van der Waals surface area contributed by atoms with Crippen LogP contribution < -0.4 is 0 Å². The summed E-state index contributed by atoms with van der Waals surface area (Å²) < 4.78 is 21.6. The molecule has 0 amide bonds. The highest BCUT2D eigenvalue weighted by molar-refractivity contribution is 4.53. The van der Waals surface area contributed by atoms with Crippen LogP contribution in [0.3, 0.4) is 0 Å². The van der Waals surface area contributed by atoms with Gasteiger partial charge in [-0.05, 0) is 25.7 Å². The van der Waals surface area contributed by atoms with E-state index in [0.717, 1.165) is 32.5 Å². The van der Waals surface area contributed by atoms with Gasteiger partial charge in [0.2, 0.25) is 0 Å². The van der Waals surface area contributed by atoms with Crippen LogP contribution in [-0.2, 0) is 18.9 Å². The summed E-state index contributed by atoms with van der Waals surface area (Å²) in [5.41, 5.74) is 0. The standard InChI is InChI=1S/C12H24O4/c1-2-6-13-8-9-14-10-11-16-12-5-3-4-7-15-12/h12H,2-11H2,1H3. The molecule has 0 saturated carbocycles. The van der Waals surface area contributed by atoms with Gasteiger partial charge < -0.3 is 18.9 Å². The highest BCUT2D eigenvalue weighted by Gasteiger charge is 2.13. The lowest BCUT2D eigenvalue weighted by Crippen LogP contribution is -2.24. The van der Waals surface area contributed by atoms with Crippen molar-refractivity contribution in [2.75, 3.05) is 39.6 Å². The molecular weight excluding hydrogens is 208 g/mol. The lowest BCUT2D eigenvalue weighted by atomic mass is 10.2. The first-order valence-electron chi connectivity index (χ1n) is 6.32. The molecule has 1 heterocycles. The van der Waals surface area contributed by atoms with Crippen LogP contribution in [0.15, 0.2) is 0 Å². The highest BCUT2D eigenvalue weighted by atomic mass is 16.7. The Morgan fingerprint density at radius 3 is 2.44 bits per heavy atom. The summed E-state index contributed by atoms with van der Waals surface area (Å²) in [4.78, 5) is 0. The second-order valence-corrected chi connectivity index (χ2v) is 3.89. The Morgan fingerprint density at radius 1 is 1.00 bits per heavy atom. The second-order valence-electron chi connectivity index (χ2n) is 3.89. The van der Waals surface area contributed by atoms with Gasteiger partial charge in [0, 0.05) is 13.2 Å². The minimum absolute atomic E-state index is 0.00584. The van der Waals surface area contributed by atoms with Gasteiger partial charge in [0.15, 0.2) is 6.29 Å². The number of hydrogen-bond donors (Lipinski definition) is 0. The Balaban J connectivity index is 1.77. The van der Waals surface area contributed by atoms with Gasteiger partial charge in [-0.15, -0.1) is 0 Å². The van der Waals surface area contributed by atoms with E-state index in [9.17, 15) is 0 Å². The van der Waals surface area contributed by atoms with E-state index >= 15 is 0 Å². The Bertz CT molecular complexity index is 146. The Labute approximate surface area is 98.2 Å². The third-order valence-electron chi connectivity index (χ3n) is 2.39. The maximum Gasteiger partial charge on any atom is 0.157 e. The molecule has 96 valence electrons. The van der Waals surface area contributed by atoms with E-state index in [2.05, 4.69) is 6.92 Å². The first-order chi connectivity index (χ1) is 7.93. The molecule has 4 nitrogen and oxygen atoms in total. The van der Waals surface area contributed by atoms with E-state index in [1.165, 1.54) is 6.42 Å². The summed E-state index contributed by atoms with van der Waals surface area (Å²) in [6.07, 6.45) is 4.43. The van der Waals surface area contributed by atoms with Crippen LogP contribution in [0.1, 0.15) is 32.6 Å². The molecule has 1 saturated heterocycles. The lowest BCUT2D eigenvalue weighted by Gasteiger charge is -2.22. The minimum Gasteiger partial charge on any atom is -0.379 e. The third kappa shape index (κ3) is 7.17. The summed E-state index contributed by atoms with van der Waals surface area (Å²) in [7, 11) is 0. The van der Waals surface area contributed by atoms with E-state index in [4.69, 9.17) is 18.9 Å². The number of ether oxygens (including phenoxy) is 4. The SMILES string of the molecule is CCCOCCOCCOC1CCCCO1. The molecule has 4 heteroatoms. The van der Waals surface area contributed by atoms with E-state index in [-0.39, 0.29) is 6.29 Å². The first kappa shape index (κ1) is 13.9. The normalized spacial score (nSPS) is 21.2. The molecular formula is C12H24O4.